The maximum absolute atomic E-state index is 12.2. The average molecular weight is 382 g/mol. The van der Waals surface area contributed by atoms with Crippen LogP contribution in [0, 0.1) is 10.1 Å². The summed E-state index contributed by atoms with van der Waals surface area (Å²) >= 11 is 4.33. The molecule has 2 rings (SSSR count). The van der Waals surface area contributed by atoms with E-state index in [2.05, 4.69) is 23.1 Å². The third kappa shape index (κ3) is 5.34. The molecule has 0 aromatic heterocycles. The zero-order valence-corrected chi connectivity index (χ0v) is 14.8. The third-order valence-electron chi connectivity index (χ3n) is 3.50. The van der Waals surface area contributed by atoms with Crippen LogP contribution in [0.15, 0.2) is 29.4 Å². The van der Waals surface area contributed by atoms with Crippen molar-refractivity contribution in [1.82, 2.24) is 10.2 Å². The Morgan fingerprint density at radius 2 is 2.12 bits per heavy atom. The monoisotopic (exact) mass is 382 g/mol. The maximum atomic E-state index is 12.2. The van der Waals surface area contributed by atoms with Gasteiger partial charge < -0.3 is 14.9 Å². The molecule has 0 spiro atoms. The summed E-state index contributed by atoms with van der Waals surface area (Å²) < 4.78 is 5.21. The standard InChI is InChI=1S/C15H18N4O6S/c1-16-14(20)9-25-17-13-6-12(26)7-18(13)15(21)24-8-10-2-4-11(5-3-10)19(22)23/h2-5,12,26H,6-9H2,1H3,(H,16,20)/b17-13+. The highest BCUT2D eigenvalue weighted by atomic mass is 32.1. The number of oxime groups is 1. The zero-order valence-electron chi connectivity index (χ0n) is 14.0. The normalized spacial score (nSPS) is 17.8. The lowest BCUT2D eigenvalue weighted by Gasteiger charge is -2.16. The molecule has 1 heterocycles. The van der Waals surface area contributed by atoms with Gasteiger partial charge in [-0.3, -0.25) is 19.8 Å². The first-order valence-corrected chi connectivity index (χ1v) is 8.17. The molecule has 140 valence electrons. The molecule has 1 fully saturated rings. The van der Waals surface area contributed by atoms with Crippen molar-refractivity contribution in [3.63, 3.8) is 0 Å². The number of carbonyl (C=O) groups is 2. The Morgan fingerprint density at radius 3 is 2.73 bits per heavy atom. The minimum atomic E-state index is -0.637. The fraction of sp³-hybridized carbons (Fsp3) is 0.400. The Labute approximate surface area is 154 Å². The van der Waals surface area contributed by atoms with E-state index in [9.17, 15) is 19.7 Å². The van der Waals surface area contributed by atoms with E-state index >= 15 is 0 Å². The summed E-state index contributed by atoms with van der Waals surface area (Å²) in [6.45, 7) is -0.00968. The number of rotatable bonds is 6. The number of carbonyl (C=O) groups excluding carboxylic acids is 2. The number of benzene rings is 1. The van der Waals surface area contributed by atoms with E-state index < -0.39 is 11.0 Å². The molecule has 0 aliphatic carbocycles. The highest BCUT2D eigenvalue weighted by Crippen LogP contribution is 2.19. The van der Waals surface area contributed by atoms with Crippen LogP contribution in [0.5, 0.6) is 0 Å². The van der Waals surface area contributed by atoms with Gasteiger partial charge in [0.1, 0.15) is 6.61 Å². The molecule has 0 bridgehead atoms. The lowest BCUT2D eigenvalue weighted by Crippen LogP contribution is -2.33. The van der Waals surface area contributed by atoms with Crippen LogP contribution in [0.3, 0.4) is 0 Å². The van der Waals surface area contributed by atoms with Crippen LogP contribution in [0.25, 0.3) is 0 Å². The number of amides is 2. The first-order chi connectivity index (χ1) is 12.4. The largest absolute Gasteiger partial charge is 0.444 e. The lowest BCUT2D eigenvalue weighted by molar-refractivity contribution is -0.384. The molecule has 0 radical (unpaired) electrons. The molecule has 0 saturated carbocycles. The number of ether oxygens (including phenoxy) is 1. The predicted molar refractivity (Wildman–Crippen MR) is 94.8 cm³/mol. The number of nitro groups is 1. The van der Waals surface area contributed by atoms with Gasteiger partial charge in [0.25, 0.3) is 11.6 Å². The average Bonchev–Trinajstić information content (AvgIpc) is 3.00. The van der Waals surface area contributed by atoms with Gasteiger partial charge in [-0.1, -0.05) is 5.16 Å². The molecule has 2 amide bonds. The van der Waals surface area contributed by atoms with Crippen molar-refractivity contribution < 1.29 is 24.1 Å². The molecule has 26 heavy (non-hydrogen) atoms. The third-order valence-corrected chi connectivity index (χ3v) is 3.84. The molecule has 10 nitrogen and oxygen atoms in total. The van der Waals surface area contributed by atoms with Gasteiger partial charge in [-0.05, 0) is 17.7 Å². The van der Waals surface area contributed by atoms with Gasteiger partial charge in [0.15, 0.2) is 12.4 Å². The molecule has 1 aliphatic rings. The van der Waals surface area contributed by atoms with Crippen LogP contribution in [0.4, 0.5) is 10.5 Å². The van der Waals surface area contributed by atoms with Gasteiger partial charge in [-0.2, -0.15) is 12.6 Å². The zero-order chi connectivity index (χ0) is 19.1. The second-order valence-electron chi connectivity index (χ2n) is 5.40. The summed E-state index contributed by atoms with van der Waals surface area (Å²) in [6, 6.07) is 5.70. The van der Waals surface area contributed by atoms with Gasteiger partial charge in [0, 0.05) is 37.4 Å². The maximum Gasteiger partial charge on any atom is 0.415 e. The molecule has 11 heteroatoms. The van der Waals surface area contributed by atoms with E-state index in [0.717, 1.165) is 0 Å². The van der Waals surface area contributed by atoms with Crippen molar-refractivity contribution >= 4 is 36.2 Å². The molecule has 1 aliphatic heterocycles. The highest BCUT2D eigenvalue weighted by Gasteiger charge is 2.32. The number of amidine groups is 1. The molecule has 1 atom stereocenters. The second-order valence-corrected chi connectivity index (χ2v) is 6.13. The number of likely N-dealkylation sites (tertiary alicyclic amines) is 1. The van der Waals surface area contributed by atoms with Crippen molar-refractivity contribution in [1.29, 1.82) is 0 Å². The Hall–Kier alpha value is -2.82. The first kappa shape index (κ1) is 19.5. The van der Waals surface area contributed by atoms with Crippen molar-refractivity contribution in [2.24, 2.45) is 5.16 Å². The second kappa shape index (κ2) is 9.04. The van der Waals surface area contributed by atoms with E-state index in [1.54, 1.807) is 0 Å². The minimum absolute atomic E-state index is 0.0415. The molecular weight excluding hydrogens is 364 g/mol. The minimum Gasteiger partial charge on any atom is -0.444 e. The van der Waals surface area contributed by atoms with Crippen molar-refractivity contribution in [2.45, 2.75) is 18.3 Å². The summed E-state index contributed by atoms with van der Waals surface area (Å²) in [5.74, 6) is -0.0235. The molecule has 1 unspecified atom stereocenters. The smallest absolute Gasteiger partial charge is 0.415 e. The van der Waals surface area contributed by atoms with Crippen LogP contribution in [-0.4, -0.2) is 53.1 Å². The highest BCUT2D eigenvalue weighted by molar-refractivity contribution is 7.81. The quantitative estimate of drug-likeness (QED) is 0.434. The number of non-ortho nitro benzene ring substituents is 1. The predicted octanol–water partition coefficient (Wildman–Crippen LogP) is 1.31. The summed E-state index contributed by atoms with van der Waals surface area (Å²) in [5.41, 5.74) is 0.570. The van der Waals surface area contributed by atoms with Gasteiger partial charge >= 0.3 is 6.09 Å². The molecule has 1 N–H and O–H groups in total. The molecule has 1 saturated heterocycles. The Morgan fingerprint density at radius 1 is 1.42 bits per heavy atom. The number of hydrogen-bond acceptors (Lipinski definition) is 8. The Bertz CT molecular complexity index is 709. The number of nitrogens with zero attached hydrogens (tertiary/aromatic N) is 3. The Kier molecular flexibility index (Phi) is 6.78. The Balaban J connectivity index is 1.92. The van der Waals surface area contributed by atoms with Crippen molar-refractivity contribution in [2.75, 3.05) is 20.2 Å². The van der Waals surface area contributed by atoms with E-state index in [1.165, 1.54) is 36.2 Å². The van der Waals surface area contributed by atoms with Crippen LogP contribution in [-0.2, 0) is 21.0 Å². The van der Waals surface area contributed by atoms with E-state index in [4.69, 9.17) is 9.57 Å². The summed E-state index contributed by atoms with van der Waals surface area (Å²) in [5, 5.41) is 16.7. The van der Waals surface area contributed by atoms with Gasteiger partial charge in [0.05, 0.1) is 4.92 Å². The van der Waals surface area contributed by atoms with Crippen LogP contribution < -0.4 is 5.32 Å². The van der Waals surface area contributed by atoms with Crippen LogP contribution in [0.1, 0.15) is 12.0 Å². The van der Waals surface area contributed by atoms with Crippen molar-refractivity contribution in [3.8, 4) is 0 Å². The van der Waals surface area contributed by atoms with Gasteiger partial charge in [-0.25, -0.2) is 4.79 Å². The van der Waals surface area contributed by atoms with Gasteiger partial charge in [0.2, 0.25) is 0 Å². The SMILES string of the molecule is CNC(=O)CO/N=C1\CC(S)CN1C(=O)OCc1ccc([N+](=O)[O-])cc1. The number of thiol groups is 1. The first-order valence-electron chi connectivity index (χ1n) is 7.65. The fourth-order valence-corrected chi connectivity index (χ4v) is 2.47. The molecular formula is C15H18N4O6S. The molecule has 1 aromatic carbocycles. The van der Waals surface area contributed by atoms with E-state index in [0.29, 0.717) is 24.4 Å². The van der Waals surface area contributed by atoms with Crippen molar-refractivity contribution in [3.05, 3.63) is 39.9 Å². The lowest BCUT2D eigenvalue weighted by atomic mass is 10.2. The number of nitrogens with one attached hydrogen (secondary N) is 1. The topological polar surface area (TPSA) is 123 Å². The summed E-state index contributed by atoms with van der Waals surface area (Å²) in [6.07, 6.45) is -0.245. The van der Waals surface area contributed by atoms with E-state index in [-0.39, 0.29) is 30.1 Å². The van der Waals surface area contributed by atoms with Crippen LogP contribution >= 0.6 is 12.6 Å². The summed E-state index contributed by atoms with van der Waals surface area (Å²) in [4.78, 5) is 39.7. The van der Waals surface area contributed by atoms with Gasteiger partial charge in [-0.15, -0.1) is 0 Å². The fourth-order valence-electron chi connectivity index (χ4n) is 2.14. The van der Waals surface area contributed by atoms with E-state index in [1.807, 2.05) is 0 Å². The molecule has 1 aromatic rings. The van der Waals surface area contributed by atoms with Crippen LogP contribution in [0.2, 0.25) is 0 Å². The number of likely N-dealkylation sites (N-methyl/N-ethyl adjacent to an activating group) is 1. The number of nitro benzene ring substituents is 1. The summed E-state index contributed by atoms with van der Waals surface area (Å²) in [7, 11) is 1.47. The number of hydrogen-bond donors (Lipinski definition) is 2.